The second-order valence-corrected chi connectivity index (χ2v) is 8.15. The average Bonchev–Trinajstić information content (AvgIpc) is 2.58. The molecule has 0 aromatic heterocycles. The van der Waals surface area contributed by atoms with Crippen LogP contribution in [0.3, 0.4) is 0 Å². The first kappa shape index (κ1) is 33.3. The van der Waals surface area contributed by atoms with Crippen LogP contribution < -0.4 is 56.3 Å². The standard InChI is InChI=1S/C18H38O.K.O5P2/c1-2-3-4-5-6-7-8-9-10-11-12-13-14-15-16-17-18-19;;1-6(2)5-7(3)4/h19H,2-18H2,1H3;;/q;+1;/p+1. The minimum absolute atomic E-state index is 0. The average molecular weight is 453 g/mol. The maximum atomic E-state index is 9.35. The quantitative estimate of drug-likeness (QED) is 0.188. The van der Waals surface area contributed by atoms with Gasteiger partial charge in [-0.1, -0.05) is 103 Å². The van der Waals surface area contributed by atoms with Crippen molar-refractivity contribution in [3.05, 3.63) is 0 Å². The Kier molecular flexibility index (Phi) is 36.9. The van der Waals surface area contributed by atoms with Crippen molar-refractivity contribution in [2.24, 2.45) is 0 Å². The van der Waals surface area contributed by atoms with Crippen LogP contribution in [0.15, 0.2) is 0 Å². The fourth-order valence-corrected chi connectivity index (χ4v) is 3.17. The van der Waals surface area contributed by atoms with Gasteiger partial charge in [0.15, 0.2) is 0 Å². The monoisotopic (exact) mass is 452 g/mol. The smallest absolute Gasteiger partial charge is 0.563 e. The zero-order valence-electron chi connectivity index (χ0n) is 17.4. The van der Waals surface area contributed by atoms with Crippen LogP contribution in [0.2, 0.25) is 0 Å². The van der Waals surface area contributed by atoms with Gasteiger partial charge in [0.2, 0.25) is 0 Å². The van der Waals surface area contributed by atoms with E-state index in [1.54, 1.807) is 0 Å². The zero-order chi connectivity index (χ0) is 19.9. The van der Waals surface area contributed by atoms with E-state index in [-0.39, 0.29) is 51.4 Å². The van der Waals surface area contributed by atoms with E-state index < -0.39 is 16.5 Å². The summed E-state index contributed by atoms with van der Waals surface area (Å²) in [5, 5.41) is 8.67. The number of aliphatic hydroxyl groups excluding tert-OH is 1. The summed E-state index contributed by atoms with van der Waals surface area (Å²) in [4.78, 5) is 16.9. The van der Waals surface area contributed by atoms with E-state index in [1.165, 1.54) is 96.3 Å². The molecule has 0 aliphatic heterocycles. The van der Waals surface area contributed by atoms with Gasteiger partial charge in [0.05, 0.1) is 0 Å². The summed E-state index contributed by atoms with van der Waals surface area (Å²) in [6, 6.07) is 0. The zero-order valence-corrected chi connectivity index (χ0v) is 22.4. The first-order valence-corrected chi connectivity index (χ1v) is 12.4. The van der Waals surface area contributed by atoms with Crippen LogP contribution in [0.1, 0.15) is 110 Å². The van der Waals surface area contributed by atoms with Crippen molar-refractivity contribution >= 4 is 16.5 Å². The van der Waals surface area contributed by atoms with Gasteiger partial charge in [-0.25, -0.2) is 0 Å². The fraction of sp³-hybridized carbons (Fsp3) is 1.00. The topological polar surface area (TPSA) is 107 Å². The fourth-order valence-electron chi connectivity index (χ4n) is 2.72. The predicted octanol–water partition coefficient (Wildman–Crippen LogP) is 2.91. The Morgan fingerprint density at radius 3 is 1.19 bits per heavy atom. The largest absolute Gasteiger partial charge is 1.00 e. The maximum Gasteiger partial charge on any atom is 1.00 e. The van der Waals surface area contributed by atoms with Crippen LogP contribution in [0.25, 0.3) is 0 Å². The Bertz CT molecular complexity index is 294. The number of aliphatic hydroxyl groups is 1. The SMILES string of the molecule is CCCCCCCCCCCCCCCCCCO.O=[P+]([O-])O[P+](=O)O.[K+]. The van der Waals surface area contributed by atoms with Gasteiger partial charge in [-0.05, 0) is 11.0 Å². The molecule has 0 aliphatic carbocycles. The van der Waals surface area contributed by atoms with E-state index in [2.05, 4.69) is 11.2 Å². The molecule has 0 saturated heterocycles. The van der Waals surface area contributed by atoms with Crippen LogP contribution in [-0.2, 0) is 13.4 Å². The molecule has 0 rings (SSSR count). The summed E-state index contributed by atoms with van der Waals surface area (Å²) in [5.74, 6) is 0. The summed E-state index contributed by atoms with van der Waals surface area (Å²) in [6.07, 6.45) is 22.2. The third-order valence-corrected chi connectivity index (χ3v) is 5.24. The van der Waals surface area contributed by atoms with E-state index in [9.17, 15) is 14.0 Å². The molecule has 156 valence electrons. The van der Waals surface area contributed by atoms with E-state index >= 15 is 0 Å². The van der Waals surface area contributed by atoms with E-state index in [4.69, 9.17) is 10.00 Å². The van der Waals surface area contributed by atoms with Crippen molar-refractivity contribution in [3.8, 4) is 0 Å². The third-order valence-electron chi connectivity index (χ3n) is 4.15. The molecule has 2 N–H and O–H groups in total. The molecule has 0 bridgehead atoms. The van der Waals surface area contributed by atoms with Crippen molar-refractivity contribution in [1.29, 1.82) is 0 Å². The molecule has 0 aromatic rings. The summed E-state index contributed by atoms with van der Waals surface area (Å²) in [6.45, 7) is 2.66. The number of hydrogen-bond acceptors (Lipinski definition) is 5. The van der Waals surface area contributed by atoms with Gasteiger partial charge < -0.3 is 10.00 Å². The van der Waals surface area contributed by atoms with E-state index in [0.717, 1.165) is 6.42 Å². The Hall–Kier alpha value is 1.68. The van der Waals surface area contributed by atoms with Crippen molar-refractivity contribution in [3.63, 3.8) is 0 Å². The number of hydrogen-bond donors (Lipinski definition) is 2. The van der Waals surface area contributed by atoms with Gasteiger partial charge in [-0.3, -0.25) is 0 Å². The van der Waals surface area contributed by atoms with Crippen LogP contribution in [-0.4, -0.2) is 16.6 Å². The molecule has 9 heteroatoms. The molecule has 2 unspecified atom stereocenters. The third kappa shape index (κ3) is 38.8. The molecule has 27 heavy (non-hydrogen) atoms. The van der Waals surface area contributed by atoms with Crippen molar-refractivity contribution < 1.29 is 79.7 Å². The Morgan fingerprint density at radius 1 is 0.704 bits per heavy atom. The maximum absolute atomic E-state index is 9.35. The molecule has 0 heterocycles. The molecule has 0 saturated carbocycles. The van der Waals surface area contributed by atoms with Crippen molar-refractivity contribution in [1.82, 2.24) is 0 Å². The number of rotatable bonds is 18. The Balaban J connectivity index is -0.000000612. The Labute approximate surface area is 210 Å². The molecular formula is C18H39KO6P2+2. The predicted molar refractivity (Wildman–Crippen MR) is 105 cm³/mol. The van der Waals surface area contributed by atoms with Gasteiger partial charge >= 0.3 is 67.9 Å². The van der Waals surface area contributed by atoms with Crippen molar-refractivity contribution in [2.45, 2.75) is 110 Å². The van der Waals surface area contributed by atoms with Crippen LogP contribution >= 0.6 is 16.5 Å². The summed E-state index contributed by atoms with van der Waals surface area (Å²) in [5.41, 5.74) is 0. The minimum Gasteiger partial charge on any atom is -0.563 e. The van der Waals surface area contributed by atoms with Crippen molar-refractivity contribution in [2.75, 3.05) is 6.61 Å². The molecule has 0 fully saturated rings. The van der Waals surface area contributed by atoms with Gasteiger partial charge in [0.25, 0.3) is 0 Å². The molecule has 6 nitrogen and oxygen atoms in total. The number of unbranched alkanes of at least 4 members (excludes halogenated alkanes) is 15. The van der Waals surface area contributed by atoms with Gasteiger partial charge in [0, 0.05) is 11.2 Å². The van der Waals surface area contributed by atoms with Crippen LogP contribution in [0.4, 0.5) is 0 Å². The van der Waals surface area contributed by atoms with Crippen LogP contribution in [0, 0.1) is 0 Å². The normalized spacial score (nSPS) is 11.3. The summed E-state index contributed by atoms with van der Waals surface area (Å²) in [7, 11) is -6.16. The molecule has 0 aliphatic rings. The minimum atomic E-state index is -3.17. The van der Waals surface area contributed by atoms with Crippen LogP contribution in [0.5, 0.6) is 0 Å². The Morgan fingerprint density at radius 2 is 1.00 bits per heavy atom. The second kappa shape index (κ2) is 29.9. The summed E-state index contributed by atoms with van der Waals surface area (Å²) >= 11 is 0. The van der Waals surface area contributed by atoms with E-state index in [0.29, 0.717) is 6.61 Å². The van der Waals surface area contributed by atoms with Gasteiger partial charge in [0.1, 0.15) is 4.31 Å². The molecule has 0 spiro atoms. The molecule has 0 amide bonds. The first-order chi connectivity index (χ1) is 12.5. The molecule has 2 atom stereocenters. The molecular weight excluding hydrogens is 413 g/mol. The van der Waals surface area contributed by atoms with Gasteiger partial charge in [-0.2, -0.15) is 0 Å². The molecule has 0 radical (unpaired) electrons. The first-order valence-electron chi connectivity index (χ1n) is 10.1. The molecule has 0 aromatic carbocycles. The summed E-state index contributed by atoms with van der Waals surface area (Å²) < 4.78 is 21.9. The van der Waals surface area contributed by atoms with Gasteiger partial charge in [-0.15, -0.1) is 4.89 Å². The van der Waals surface area contributed by atoms with E-state index in [1.807, 2.05) is 0 Å². The second-order valence-electron chi connectivity index (χ2n) is 6.57.